The quantitative estimate of drug-likeness (QED) is 0.541. The van der Waals surface area contributed by atoms with Crippen molar-refractivity contribution in [2.45, 2.75) is 52.0 Å². The Kier molecular flexibility index (Phi) is 7.18. The molecule has 0 spiro atoms. The Morgan fingerprint density at radius 2 is 2.29 bits per heavy atom. The summed E-state index contributed by atoms with van der Waals surface area (Å²) in [4.78, 5) is 19.6. The molecule has 5 nitrogen and oxygen atoms in total. The highest BCUT2D eigenvalue weighted by Crippen LogP contribution is 2.14. The topological polar surface area (TPSA) is 81.0 Å². The molecule has 1 atom stereocenters. The van der Waals surface area contributed by atoms with Gasteiger partial charge in [-0.25, -0.2) is 9.78 Å². The van der Waals surface area contributed by atoms with E-state index in [-0.39, 0.29) is 12.3 Å². The Labute approximate surface area is 131 Å². The number of nitrogens with one attached hydrogen (secondary N) is 1. The van der Waals surface area contributed by atoms with E-state index in [2.05, 4.69) is 30.7 Å². The number of carbonyl (C=O) groups excluding carboxylic acids is 1. The van der Waals surface area contributed by atoms with Crippen LogP contribution in [0.25, 0.3) is 0 Å². The molecule has 21 heavy (non-hydrogen) atoms. The van der Waals surface area contributed by atoms with E-state index < -0.39 is 11.5 Å². The number of aromatic amines is 1. The molecule has 6 heteroatoms. The van der Waals surface area contributed by atoms with E-state index in [1.807, 2.05) is 0 Å². The molecule has 0 aliphatic rings. The number of carbonyl (C=O) groups is 1. The first-order valence-corrected chi connectivity index (χ1v) is 7.99. The number of nitrogens with two attached hydrogens (primary N) is 1. The number of hydrogen-bond donors (Lipinski definition) is 2. The highest BCUT2D eigenvalue weighted by Gasteiger charge is 2.36. The Bertz CT molecular complexity index is 448. The molecule has 1 aromatic rings. The van der Waals surface area contributed by atoms with E-state index in [1.54, 1.807) is 6.20 Å². The fourth-order valence-electron chi connectivity index (χ4n) is 1.90. The van der Waals surface area contributed by atoms with Crippen LogP contribution in [0.4, 0.5) is 0 Å². The number of imidazole rings is 1. The number of nitrogens with zero attached hydrogens (tertiary/aromatic N) is 1. The average Bonchev–Trinajstić information content (AvgIpc) is 2.85. The van der Waals surface area contributed by atoms with E-state index in [0.29, 0.717) is 18.3 Å². The second kappa shape index (κ2) is 8.39. The van der Waals surface area contributed by atoms with Crippen molar-refractivity contribution < 1.29 is 9.53 Å². The molecular weight excluding hydrogens is 290 g/mol. The van der Waals surface area contributed by atoms with Gasteiger partial charge in [0.05, 0.1) is 12.5 Å². The van der Waals surface area contributed by atoms with E-state index >= 15 is 0 Å². The third kappa shape index (κ3) is 5.67. The van der Waals surface area contributed by atoms with Gasteiger partial charge in [-0.15, -0.1) is 11.6 Å². The van der Waals surface area contributed by atoms with Crippen LogP contribution in [0.2, 0.25) is 0 Å². The Balaban J connectivity index is 2.62. The van der Waals surface area contributed by atoms with Crippen LogP contribution in [0.3, 0.4) is 0 Å². The zero-order chi connectivity index (χ0) is 15.9. The van der Waals surface area contributed by atoms with Crippen molar-refractivity contribution in [1.29, 1.82) is 0 Å². The SMILES string of the molecule is CCCc1cnc(CC(N)(CCl)C(=O)OCCC(C)C)[nH]1. The zero-order valence-electron chi connectivity index (χ0n) is 13.1. The molecule has 0 aliphatic heterocycles. The van der Waals surface area contributed by atoms with Gasteiger partial charge in [-0.2, -0.15) is 0 Å². The van der Waals surface area contributed by atoms with Gasteiger partial charge >= 0.3 is 5.97 Å². The molecule has 0 aliphatic carbocycles. The molecule has 0 fully saturated rings. The highest BCUT2D eigenvalue weighted by atomic mass is 35.5. The Morgan fingerprint density at radius 1 is 1.57 bits per heavy atom. The van der Waals surface area contributed by atoms with E-state index in [1.165, 1.54) is 0 Å². The van der Waals surface area contributed by atoms with Gasteiger partial charge in [-0.05, 0) is 18.8 Å². The van der Waals surface area contributed by atoms with Gasteiger partial charge in [0, 0.05) is 18.3 Å². The smallest absolute Gasteiger partial charge is 0.327 e. The number of hydrogen-bond acceptors (Lipinski definition) is 4. The summed E-state index contributed by atoms with van der Waals surface area (Å²) in [5.41, 5.74) is 5.91. The number of alkyl halides is 1. The van der Waals surface area contributed by atoms with E-state index in [9.17, 15) is 4.79 Å². The molecule has 1 aromatic heterocycles. The van der Waals surface area contributed by atoms with Gasteiger partial charge in [0.15, 0.2) is 0 Å². The normalized spacial score (nSPS) is 14.2. The maximum absolute atomic E-state index is 12.1. The summed E-state index contributed by atoms with van der Waals surface area (Å²) in [6.07, 6.45) is 4.79. The third-order valence-corrected chi connectivity index (χ3v) is 3.73. The number of aryl methyl sites for hydroxylation is 1. The maximum Gasteiger partial charge on any atom is 0.327 e. The first-order chi connectivity index (χ1) is 9.91. The minimum absolute atomic E-state index is 0.00266. The summed E-state index contributed by atoms with van der Waals surface area (Å²) in [6, 6.07) is 0. The number of halogens is 1. The van der Waals surface area contributed by atoms with Crippen LogP contribution in [-0.2, 0) is 22.4 Å². The standard InChI is InChI=1S/C15H26ClN3O2/c1-4-5-12-9-18-13(19-12)8-15(17,10-16)14(20)21-7-6-11(2)3/h9,11H,4-8,10,17H2,1-3H3,(H,18,19). The Hall–Kier alpha value is -1.07. The fourth-order valence-corrected chi connectivity index (χ4v) is 2.10. The minimum Gasteiger partial charge on any atom is -0.464 e. The van der Waals surface area contributed by atoms with Crippen molar-refractivity contribution in [2.75, 3.05) is 12.5 Å². The van der Waals surface area contributed by atoms with Gasteiger partial charge < -0.3 is 15.5 Å². The first-order valence-electron chi connectivity index (χ1n) is 7.46. The van der Waals surface area contributed by atoms with Crippen molar-refractivity contribution in [3.8, 4) is 0 Å². The van der Waals surface area contributed by atoms with Gasteiger partial charge in [0.2, 0.25) is 0 Å². The Morgan fingerprint density at radius 3 is 2.86 bits per heavy atom. The van der Waals surface area contributed by atoms with Gasteiger partial charge in [0.25, 0.3) is 0 Å². The van der Waals surface area contributed by atoms with E-state index in [4.69, 9.17) is 22.1 Å². The summed E-state index contributed by atoms with van der Waals surface area (Å²) in [5, 5.41) is 0. The number of aromatic nitrogens is 2. The van der Waals surface area contributed by atoms with Crippen LogP contribution >= 0.6 is 11.6 Å². The molecule has 3 N–H and O–H groups in total. The molecule has 120 valence electrons. The van der Waals surface area contributed by atoms with Crippen LogP contribution in [0.15, 0.2) is 6.20 Å². The molecule has 0 aromatic carbocycles. The van der Waals surface area contributed by atoms with Gasteiger partial charge in [-0.1, -0.05) is 27.2 Å². The van der Waals surface area contributed by atoms with Crippen molar-refractivity contribution >= 4 is 17.6 Å². The number of rotatable bonds is 9. The fraction of sp³-hybridized carbons (Fsp3) is 0.733. The van der Waals surface area contributed by atoms with Crippen LogP contribution in [0, 0.1) is 5.92 Å². The molecule has 0 bridgehead atoms. The van der Waals surface area contributed by atoms with Crippen LogP contribution < -0.4 is 5.73 Å². The monoisotopic (exact) mass is 315 g/mol. The minimum atomic E-state index is -1.24. The number of esters is 1. The van der Waals surface area contributed by atoms with Crippen molar-refractivity contribution in [3.63, 3.8) is 0 Å². The summed E-state index contributed by atoms with van der Waals surface area (Å²) < 4.78 is 5.25. The summed E-state index contributed by atoms with van der Waals surface area (Å²) in [6.45, 7) is 6.61. The predicted molar refractivity (Wildman–Crippen MR) is 84.3 cm³/mol. The van der Waals surface area contributed by atoms with Gasteiger partial charge in [0.1, 0.15) is 11.4 Å². The lowest BCUT2D eigenvalue weighted by Gasteiger charge is -2.24. The van der Waals surface area contributed by atoms with Crippen molar-refractivity contribution in [3.05, 3.63) is 17.7 Å². The van der Waals surface area contributed by atoms with Crippen LogP contribution in [0.1, 0.15) is 45.1 Å². The molecule has 0 amide bonds. The number of H-pyrrole nitrogens is 1. The van der Waals surface area contributed by atoms with E-state index in [0.717, 1.165) is 25.0 Å². The van der Waals surface area contributed by atoms with Crippen molar-refractivity contribution in [1.82, 2.24) is 9.97 Å². The average molecular weight is 316 g/mol. The zero-order valence-corrected chi connectivity index (χ0v) is 13.9. The highest BCUT2D eigenvalue weighted by molar-refractivity contribution is 6.20. The largest absolute Gasteiger partial charge is 0.464 e. The summed E-state index contributed by atoms with van der Waals surface area (Å²) in [5.74, 6) is 0.675. The number of ether oxygens (including phenoxy) is 1. The maximum atomic E-state index is 12.1. The molecule has 0 saturated heterocycles. The second-order valence-electron chi connectivity index (χ2n) is 5.89. The molecule has 1 heterocycles. The molecule has 1 rings (SSSR count). The summed E-state index contributed by atoms with van der Waals surface area (Å²) in [7, 11) is 0. The van der Waals surface area contributed by atoms with Crippen LogP contribution in [-0.4, -0.2) is 34.0 Å². The molecule has 0 radical (unpaired) electrons. The molecule has 1 unspecified atom stereocenters. The lowest BCUT2D eigenvalue weighted by atomic mass is 9.99. The lowest BCUT2D eigenvalue weighted by Crippen LogP contribution is -2.53. The second-order valence-corrected chi connectivity index (χ2v) is 6.16. The van der Waals surface area contributed by atoms with Crippen LogP contribution in [0.5, 0.6) is 0 Å². The summed E-state index contributed by atoms with van der Waals surface area (Å²) >= 11 is 5.90. The molecule has 0 saturated carbocycles. The molecular formula is C15H26ClN3O2. The van der Waals surface area contributed by atoms with Crippen molar-refractivity contribution in [2.24, 2.45) is 11.7 Å². The first kappa shape index (κ1) is 18.0. The lowest BCUT2D eigenvalue weighted by molar-refractivity contribution is -0.149. The predicted octanol–water partition coefficient (Wildman–Crippen LogP) is 2.43. The van der Waals surface area contributed by atoms with Gasteiger partial charge in [-0.3, -0.25) is 0 Å². The third-order valence-electron chi connectivity index (χ3n) is 3.26.